The quantitative estimate of drug-likeness (QED) is 0.858. The molecule has 23 heavy (non-hydrogen) atoms. The van der Waals surface area contributed by atoms with E-state index in [4.69, 9.17) is 4.74 Å². The lowest BCUT2D eigenvalue weighted by atomic mass is 10.2. The van der Waals surface area contributed by atoms with Gasteiger partial charge in [-0.1, -0.05) is 17.5 Å². The molecule has 6 nitrogen and oxygen atoms in total. The summed E-state index contributed by atoms with van der Waals surface area (Å²) in [5.74, 6) is 0.909. The zero-order chi connectivity index (χ0) is 16.2. The molecule has 0 bridgehead atoms. The average molecular weight is 332 g/mol. The number of hydrogen-bond acceptors (Lipinski definition) is 6. The van der Waals surface area contributed by atoms with Gasteiger partial charge < -0.3 is 14.5 Å². The van der Waals surface area contributed by atoms with Gasteiger partial charge in [0.1, 0.15) is 10.6 Å². The van der Waals surface area contributed by atoms with E-state index < -0.39 is 0 Å². The van der Waals surface area contributed by atoms with E-state index in [9.17, 15) is 4.79 Å². The van der Waals surface area contributed by atoms with E-state index in [-0.39, 0.29) is 5.91 Å². The Kier molecular flexibility index (Phi) is 4.76. The van der Waals surface area contributed by atoms with Crippen LogP contribution in [0.4, 0.5) is 5.69 Å². The van der Waals surface area contributed by atoms with E-state index in [1.54, 1.807) is 7.11 Å². The van der Waals surface area contributed by atoms with Crippen molar-refractivity contribution in [1.29, 1.82) is 0 Å². The highest BCUT2D eigenvalue weighted by Crippen LogP contribution is 2.23. The van der Waals surface area contributed by atoms with Gasteiger partial charge in [-0.25, -0.2) is 0 Å². The minimum Gasteiger partial charge on any atom is -0.497 e. The molecule has 0 atom stereocenters. The van der Waals surface area contributed by atoms with Gasteiger partial charge in [0, 0.05) is 37.9 Å². The normalized spacial score (nSPS) is 14.9. The molecule has 1 aliphatic heterocycles. The fourth-order valence-corrected chi connectivity index (χ4v) is 3.44. The maximum atomic E-state index is 12.6. The monoisotopic (exact) mass is 332 g/mol. The second-order valence-electron chi connectivity index (χ2n) is 5.38. The Balaban J connectivity index is 1.65. The van der Waals surface area contributed by atoms with Gasteiger partial charge in [-0.05, 0) is 30.1 Å². The molecule has 3 rings (SSSR count). The zero-order valence-corrected chi connectivity index (χ0v) is 14.2. The van der Waals surface area contributed by atoms with Gasteiger partial charge in [0.2, 0.25) is 0 Å². The number of carbonyl (C=O) groups is 1. The fourth-order valence-electron chi connectivity index (χ4n) is 2.72. The standard InChI is InChI=1S/C16H20N4O2S/c1-3-14-15(23-18-17-14)16(21)20-9-7-19(8-10-20)12-5-4-6-13(11-12)22-2/h4-6,11H,3,7-10H2,1-2H3. The Morgan fingerprint density at radius 2 is 2.09 bits per heavy atom. The second kappa shape index (κ2) is 6.95. The number of benzene rings is 1. The molecule has 2 aromatic rings. The molecule has 0 unspecified atom stereocenters. The smallest absolute Gasteiger partial charge is 0.267 e. The maximum Gasteiger partial charge on any atom is 0.267 e. The predicted molar refractivity (Wildman–Crippen MR) is 90.4 cm³/mol. The van der Waals surface area contributed by atoms with E-state index in [1.165, 1.54) is 11.5 Å². The lowest BCUT2D eigenvalue weighted by Crippen LogP contribution is -2.48. The van der Waals surface area contributed by atoms with Crippen LogP contribution in [0.25, 0.3) is 0 Å². The van der Waals surface area contributed by atoms with Gasteiger partial charge in [0.25, 0.3) is 5.91 Å². The van der Waals surface area contributed by atoms with Crippen molar-refractivity contribution in [2.45, 2.75) is 13.3 Å². The molecule has 2 heterocycles. The number of piperazine rings is 1. The van der Waals surface area contributed by atoms with Crippen LogP contribution >= 0.6 is 11.5 Å². The van der Waals surface area contributed by atoms with Crippen molar-refractivity contribution < 1.29 is 9.53 Å². The predicted octanol–water partition coefficient (Wildman–Crippen LogP) is 2.07. The molecule has 0 radical (unpaired) electrons. The molecule has 0 saturated carbocycles. The van der Waals surface area contributed by atoms with Crippen molar-refractivity contribution in [3.63, 3.8) is 0 Å². The first-order valence-corrected chi connectivity index (χ1v) is 8.49. The Labute approximate surface area is 139 Å². The highest BCUT2D eigenvalue weighted by molar-refractivity contribution is 7.08. The number of aryl methyl sites for hydroxylation is 1. The molecule has 1 aliphatic rings. The van der Waals surface area contributed by atoms with Crippen LogP contribution in [0.3, 0.4) is 0 Å². The molecule has 1 amide bonds. The summed E-state index contributed by atoms with van der Waals surface area (Å²) in [6.07, 6.45) is 0.737. The van der Waals surface area contributed by atoms with E-state index in [2.05, 4.69) is 20.6 Å². The SMILES string of the molecule is CCc1nnsc1C(=O)N1CCN(c2cccc(OC)c2)CC1. The van der Waals surface area contributed by atoms with Crippen molar-refractivity contribution in [3.05, 3.63) is 34.8 Å². The summed E-state index contributed by atoms with van der Waals surface area (Å²) >= 11 is 1.20. The van der Waals surface area contributed by atoms with Crippen molar-refractivity contribution in [1.82, 2.24) is 14.5 Å². The van der Waals surface area contributed by atoms with Crippen LogP contribution in [0.15, 0.2) is 24.3 Å². The molecule has 1 aromatic heterocycles. The molecule has 1 saturated heterocycles. The van der Waals surface area contributed by atoms with Crippen LogP contribution in [0.5, 0.6) is 5.75 Å². The van der Waals surface area contributed by atoms with Gasteiger partial charge in [0.15, 0.2) is 0 Å². The van der Waals surface area contributed by atoms with E-state index >= 15 is 0 Å². The lowest BCUT2D eigenvalue weighted by Gasteiger charge is -2.36. The van der Waals surface area contributed by atoms with Gasteiger partial charge in [0.05, 0.1) is 12.8 Å². The van der Waals surface area contributed by atoms with Crippen molar-refractivity contribution in [3.8, 4) is 5.75 Å². The summed E-state index contributed by atoms with van der Waals surface area (Å²) in [4.78, 5) is 17.5. The number of carbonyl (C=O) groups excluding carboxylic acids is 1. The summed E-state index contributed by atoms with van der Waals surface area (Å²) in [6.45, 7) is 5.03. The van der Waals surface area contributed by atoms with Gasteiger partial charge in [-0.3, -0.25) is 4.79 Å². The summed E-state index contributed by atoms with van der Waals surface area (Å²) < 4.78 is 9.19. The molecule has 122 valence electrons. The third-order valence-corrected chi connectivity index (χ3v) is 4.83. The van der Waals surface area contributed by atoms with Gasteiger partial charge in [-0.15, -0.1) is 5.10 Å². The molecule has 7 heteroatoms. The first-order valence-electron chi connectivity index (χ1n) is 7.72. The average Bonchev–Trinajstić information content (AvgIpc) is 3.10. The van der Waals surface area contributed by atoms with Crippen LogP contribution in [0, 0.1) is 0 Å². The molecule has 1 fully saturated rings. The van der Waals surface area contributed by atoms with Crippen molar-refractivity contribution >= 4 is 23.1 Å². The first kappa shape index (κ1) is 15.7. The van der Waals surface area contributed by atoms with Crippen molar-refractivity contribution in [2.75, 3.05) is 38.2 Å². The highest BCUT2D eigenvalue weighted by Gasteiger charge is 2.25. The zero-order valence-electron chi connectivity index (χ0n) is 13.4. The molecular formula is C16H20N4O2S. The molecular weight excluding hydrogens is 312 g/mol. The second-order valence-corrected chi connectivity index (χ2v) is 6.14. The van der Waals surface area contributed by atoms with Crippen LogP contribution in [-0.4, -0.2) is 53.7 Å². The minimum atomic E-state index is 0.0575. The third kappa shape index (κ3) is 3.29. The molecule has 0 aliphatic carbocycles. The topological polar surface area (TPSA) is 58.6 Å². The number of aromatic nitrogens is 2. The summed E-state index contributed by atoms with van der Waals surface area (Å²) in [7, 11) is 1.67. The summed E-state index contributed by atoms with van der Waals surface area (Å²) in [5, 5.41) is 4.03. The van der Waals surface area contributed by atoms with Crippen LogP contribution in [-0.2, 0) is 6.42 Å². The molecule has 1 aromatic carbocycles. The number of rotatable bonds is 4. The Morgan fingerprint density at radius 3 is 2.78 bits per heavy atom. The lowest BCUT2D eigenvalue weighted by molar-refractivity contribution is 0.0750. The largest absolute Gasteiger partial charge is 0.497 e. The first-order chi connectivity index (χ1) is 11.2. The maximum absolute atomic E-state index is 12.6. The Morgan fingerprint density at radius 1 is 1.30 bits per heavy atom. The number of nitrogens with zero attached hydrogens (tertiary/aromatic N) is 4. The number of amides is 1. The fraction of sp³-hybridized carbons (Fsp3) is 0.438. The minimum absolute atomic E-state index is 0.0575. The van der Waals surface area contributed by atoms with E-state index in [1.807, 2.05) is 30.0 Å². The van der Waals surface area contributed by atoms with Gasteiger partial charge in [-0.2, -0.15) is 0 Å². The number of methoxy groups -OCH3 is 1. The highest BCUT2D eigenvalue weighted by atomic mass is 32.1. The summed E-state index contributed by atoms with van der Waals surface area (Å²) in [5.41, 5.74) is 1.93. The van der Waals surface area contributed by atoms with Gasteiger partial charge >= 0.3 is 0 Å². The van der Waals surface area contributed by atoms with E-state index in [0.717, 1.165) is 36.6 Å². The van der Waals surface area contributed by atoms with E-state index in [0.29, 0.717) is 18.0 Å². The number of ether oxygens (including phenoxy) is 1. The van der Waals surface area contributed by atoms with Crippen LogP contribution in [0.2, 0.25) is 0 Å². The number of anilines is 1. The third-order valence-electron chi connectivity index (χ3n) is 4.07. The van der Waals surface area contributed by atoms with Crippen molar-refractivity contribution in [2.24, 2.45) is 0 Å². The summed E-state index contributed by atoms with van der Waals surface area (Å²) in [6, 6.07) is 8.02. The van der Waals surface area contributed by atoms with Crippen LogP contribution in [0.1, 0.15) is 22.3 Å². The molecule has 0 N–H and O–H groups in total. The van der Waals surface area contributed by atoms with Crippen LogP contribution < -0.4 is 9.64 Å². The Hall–Kier alpha value is -2.15. The Bertz CT molecular complexity index is 680. The number of hydrogen-bond donors (Lipinski definition) is 0. The molecule has 0 spiro atoms.